The summed E-state index contributed by atoms with van der Waals surface area (Å²) in [5.41, 5.74) is 1.54. The van der Waals surface area contributed by atoms with Gasteiger partial charge in [0.05, 0.1) is 21.7 Å². The summed E-state index contributed by atoms with van der Waals surface area (Å²) < 4.78 is 44.2. The quantitative estimate of drug-likeness (QED) is 0.375. The summed E-state index contributed by atoms with van der Waals surface area (Å²) in [7, 11) is -3.85. The number of benzene rings is 2. The molecular formula is C24H24FN5O3S2. The number of fused-ring (bicyclic) bond motifs is 1. The molecule has 2 aromatic carbocycles. The van der Waals surface area contributed by atoms with Crippen LogP contribution in [0.2, 0.25) is 0 Å². The molecule has 2 aromatic heterocycles. The molecule has 5 rings (SSSR count). The first-order chi connectivity index (χ1) is 16.8. The number of hydrogen-bond donors (Lipinski definition) is 0. The van der Waals surface area contributed by atoms with Crippen LogP contribution < -0.4 is 4.90 Å². The van der Waals surface area contributed by atoms with Crippen LogP contribution in [0.4, 0.5) is 9.52 Å². The fourth-order valence-electron chi connectivity index (χ4n) is 4.24. The Hall–Kier alpha value is -3.15. The minimum Gasteiger partial charge on any atom is -0.285 e. The van der Waals surface area contributed by atoms with Crippen LogP contribution in [0.25, 0.3) is 10.2 Å². The Labute approximate surface area is 206 Å². The number of hydrogen-bond acceptors (Lipinski definition) is 6. The number of anilines is 1. The maximum Gasteiger partial charge on any atom is 0.247 e. The average Bonchev–Trinajstić information content (AvgIpc) is 3.60. The second kappa shape index (κ2) is 9.48. The number of rotatable bonds is 7. The van der Waals surface area contributed by atoms with Gasteiger partial charge in [0.2, 0.25) is 15.9 Å². The fraction of sp³-hybridized carbons (Fsp3) is 0.292. The van der Waals surface area contributed by atoms with Gasteiger partial charge in [-0.05, 0) is 56.2 Å². The van der Waals surface area contributed by atoms with E-state index in [1.54, 1.807) is 53.5 Å². The minimum atomic E-state index is -3.85. The summed E-state index contributed by atoms with van der Waals surface area (Å²) in [4.78, 5) is 20.1. The zero-order valence-electron chi connectivity index (χ0n) is 19.0. The third-order valence-corrected chi connectivity index (χ3v) is 9.03. The third kappa shape index (κ3) is 4.71. The number of nitrogens with zero attached hydrogens (tertiary/aromatic N) is 5. The molecule has 0 radical (unpaired) electrons. The van der Waals surface area contributed by atoms with Crippen molar-refractivity contribution < 1.29 is 17.6 Å². The third-order valence-electron chi connectivity index (χ3n) is 6.06. The molecule has 1 aliphatic heterocycles. The molecule has 0 aliphatic carbocycles. The van der Waals surface area contributed by atoms with Crippen LogP contribution in [0.15, 0.2) is 65.8 Å². The van der Waals surface area contributed by atoms with Gasteiger partial charge in [-0.15, -0.1) is 0 Å². The number of halogens is 1. The Morgan fingerprint density at radius 3 is 2.77 bits per heavy atom. The van der Waals surface area contributed by atoms with Crippen molar-refractivity contribution in [2.75, 3.05) is 18.0 Å². The summed E-state index contributed by atoms with van der Waals surface area (Å²) in [5.74, 6) is -0.724. The molecule has 1 fully saturated rings. The number of sulfonamides is 1. The lowest BCUT2D eigenvalue weighted by Crippen LogP contribution is -2.48. The normalized spacial score (nSPS) is 16.7. The van der Waals surface area contributed by atoms with Crippen LogP contribution >= 0.6 is 11.3 Å². The molecule has 1 atom stereocenters. The predicted molar refractivity (Wildman–Crippen MR) is 132 cm³/mol. The maximum absolute atomic E-state index is 13.9. The van der Waals surface area contributed by atoms with Gasteiger partial charge in [0, 0.05) is 25.5 Å². The number of thiazole rings is 1. The topological polar surface area (TPSA) is 88.4 Å². The van der Waals surface area contributed by atoms with Crippen LogP contribution in [0, 0.1) is 12.7 Å². The first-order valence-corrected chi connectivity index (χ1v) is 13.5. The molecule has 4 aromatic rings. The zero-order valence-corrected chi connectivity index (χ0v) is 20.7. The summed E-state index contributed by atoms with van der Waals surface area (Å²) in [6, 6.07) is 11.9. The molecule has 1 unspecified atom stereocenters. The number of carbonyl (C=O) groups excluding carboxylic acids is 1. The molecule has 0 bridgehead atoms. The lowest BCUT2D eigenvalue weighted by atomic mass is 10.2. The van der Waals surface area contributed by atoms with Gasteiger partial charge in [-0.25, -0.2) is 17.8 Å². The first kappa shape index (κ1) is 23.6. The lowest BCUT2D eigenvalue weighted by Gasteiger charge is -2.28. The standard InChI is InChI=1S/C24H24FN5O3S2/c1-17-5-8-19(9-6-17)35(32,33)30-13-2-4-21(30)23(31)29(15-14-28-12-3-11-26-28)24-27-20-10-7-18(25)16-22(20)34-24/h3,5-12,16,21H,2,4,13-15H2,1H3. The molecule has 1 amide bonds. The molecule has 1 saturated heterocycles. The minimum absolute atomic E-state index is 0.168. The van der Waals surface area contributed by atoms with E-state index in [4.69, 9.17) is 0 Å². The number of aromatic nitrogens is 3. The Kier molecular flexibility index (Phi) is 6.39. The highest BCUT2D eigenvalue weighted by atomic mass is 32.2. The Morgan fingerprint density at radius 1 is 1.23 bits per heavy atom. The Balaban J connectivity index is 1.48. The number of amides is 1. The molecule has 8 nitrogen and oxygen atoms in total. The van der Waals surface area contributed by atoms with Gasteiger partial charge in [-0.1, -0.05) is 29.0 Å². The van der Waals surface area contributed by atoms with E-state index in [9.17, 15) is 17.6 Å². The van der Waals surface area contributed by atoms with Crippen molar-refractivity contribution in [3.8, 4) is 0 Å². The molecule has 1 aliphatic rings. The Morgan fingerprint density at radius 2 is 2.03 bits per heavy atom. The van der Waals surface area contributed by atoms with Crippen molar-refractivity contribution >= 4 is 42.6 Å². The molecule has 0 spiro atoms. The van der Waals surface area contributed by atoms with Crippen LogP contribution in [0.1, 0.15) is 18.4 Å². The molecule has 0 N–H and O–H groups in total. The van der Waals surface area contributed by atoms with Crippen LogP contribution in [-0.2, 0) is 21.4 Å². The van der Waals surface area contributed by atoms with Gasteiger partial charge in [-0.2, -0.15) is 9.40 Å². The molecular weight excluding hydrogens is 489 g/mol. The SMILES string of the molecule is Cc1ccc(S(=O)(=O)N2CCCC2C(=O)N(CCn2cccn2)c2nc3ccc(F)cc3s2)cc1. The van der Waals surface area contributed by atoms with E-state index in [0.29, 0.717) is 34.7 Å². The average molecular weight is 514 g/mol. The second-order valence-corrected chi connectivity index (χ2v) is 11.4. The van der Waals surface area contributed by atoms with Gasteiger partial charge < -0.3 is 0 Å². The van der Waals surface area contributed by atoms with Crippen molar-refractivity contribution in [3.05, 3.63) is 72.3 Å². The zero-order chi connectivity index (χ0) is 24.6. The summed E-state index contributed by atoms with van der Waals surface area (Å²) in [6.45, 7) is 2.81. The second-order valence-electron chi connectivity index (χ2n) is 8.45. The van der Waals surface area contributed by atoms with Gasteiger partial charge in [0.1, 0.15) is 11.9 Å². The number of aryl methyl sites for hydroxylation is 1. The highest BCUT2D eigenvalue weighted by molar-refractivity contribution is 7.89. The first-order valence-electron chi connectivity index (χ1n) is 11.3. The molecule has 182 valence electrons. The van der Waals surface area contributed by atoms with E-state index in [1.165, 1.54) is 32.7 Å². The van der Waals surface area contributed by atoms with E-state index in [-0.39, 0.29) is 29.7 Å². The Bertz CT molecular complexity index is 1450. The van der Waals surface area contributed by atoms with Crippen molar-refractivity contribution in [2.45, 2.75) is 37.2 Å². The van der Waals surface area contributed by atoms with Gasteiger partial charge in [-0.3, -0.25) is 14.4 Å². The monoisotopic (exact) mass is 513 g/mol. The molecule has 35 heavy (non-hydrogen) atoms. The smallest absolute Gasteiger partial charge is 0.247 e. The highest BCUT2D eigenvalue weighted by Crippen LogP contribution is 2.33. The number of carbonyl (C=O) groups is 1. The van der Waals surface area contributed by atoms with E-state index >= 15 is 0 Å². The fourth-order valence-corrected chi connectivity index (χ4v) is 6.91. The largest absolute Gasteiger partial charge is 0.285 e. The molecule has 0 saturated carbocycles. The van der Waals surface area contributed by atoms with Crippen LogP contribution in [0.5, 0.6) is 0 Å². The summed E-state index contributed by atoms with van der Waals surface area (Å²) >= 11 is 1.21. The van der Waals surface area contributed by atoms with Crippen molar-refractivity contribution in [2.24, 2.45) is 0 Å². The van der Waals surface area contributed by atoms with E-state index in [0.717, 1.165) is 5.56 Å². The molecule has 11 heteroatoms. The highest BCUT2D eigenvalue weighted by Gasteiger charge is 2.42. The van der Waals surface area contributed by atoms with Gasteiger partial charge >= 0.3 is 0 Å². The summed E-state index contributed by atoms with van der Waals surface area (Å²) in [5, 5.41) is 4.60. The van der Waals surface area contributed by atoms with E-state index in [1.807, 2.05) is 6.92 Å². The van der Waals surface area contributed by atoms with Crippen LogP contribution in [-0.4, -0.2) is 52.5 Å². The summed E-state index contributed by atoms with van der Waals surface area (Å²) in [6.07, 6.45) is 4.45. The van der Waals surface area contributed by atoms with Crippen molar-refractivity contribution in [1.82, 2.24) is 19.1 Å². The van der Waals surface area contributed by atoms with E-state index < -0.39 is 16.1 Å². The van der Waals surface area contributed by atoms with Crippen molar-refractivity contribution in [3.63, 3.8) is 0 Å². The van der Waals surface area contributed by atoms with Crippen LogP contribution in [0.3, 0.4) is 0 Å². The maximum atomic E-state index is 13.9. The predicted octanol–water partition coefficient (Wildman–Crippen LogP) is 3.83. The van der Waals surface area contributed by atoms with Crippen molar-refractivity contribution in [1.29, 1.82) is 0 Å². The lowest BCUT2D eigenvalue weighted by molar-refractivity contribution is -0.121. The van der Waals surface area contributed by atoms with Gasteiger partial charge in [0.25, 0.3) is 0 Å². The molecule has 3 heterocycles. The van der Waals surface area contributed by atoms with E-state index in [2.05, 4.69) is 10.1 Å². The van der Waals surface area contributed by atoms with Gasteiger partial charge in [0.15, 0.2) is 5.13 Å².